The van der Waals surface area contributed by atoms with Crippen LogP contribution in [0.25, 0.3) is 0 Å². The summed E-state index contributed by atoms with van der Waals surface area (Å²) in [6, 6.07) is 11.3. The van der Waals surface area contributed by atoms with Gasteiger partial charge in [0.1, 0.15) is 0 Å². The molecule has 102 valence electrons. The maximum atomic E-state index is 8.85. The number of aromatic nitrogens is 2. The average molecular weight is 268 g/mol. The molecule has 0 aliphatic heterocycles. The van der Waals surface area contributed by atoms with E-state index in [-0.39, 0.29) is 0 Å². The van der Waals surface area contributed by atoms with Crippen molar-refractivity contribution in [3.05, 3.63) is 47.7 Å². The van der Waals surface area contributed by atoms with Crippen LogP contribution in [-0.2, 0) is 6.54 Å². The Morgan fingerprint density at radius 1 is 1.35 bits per heavy atom. The number of nitrogens with zero attached hydrogens (tertiary/aromatic N) is 3. The highest BCUT2D eigenvalue weighted by Gasteiger charge is 2.01. The van der Waals surface area contributed by atoms with Crippen LogP contribution >= 0.6 is 0 Å². The van der Waals surface area contributed by atoms with Crippen molar-refractivity contribution in [1.82, 2.24) is 9.97 Å². The highest BCUT2D eigenvalue weighted by molar-refractivity contribution is 5.35. The van der Waals surface area contributed by atoms with Crippen molar-refractivity contribution in [1.29, 1.82) is 5.26 Å². The first-order valence-electron chi connectivity index (χ1n) is 6.50. The number of hydrogen-bond donors (Lipinski definition) is 1. The molecule has 0 saturated carbocycles. The van der Waals surface area contributed by atoms with E-state index >= 15 is 0 Å². The molecule has 1 N–H and O–H groups in total. The van der Waals surface area contributed by atoms with Gasteiger partial charge in [-0.05, 0) is 24.1 Å². The second-order valence-electron chi connectivity index (χ2n) is 4.23. The van der Waals surface area contributed by atoms with Crippen molar-refractivity contribution in [2.24, 2.45) is 0 Å². The molecule has 5 heteroatoms. The van der Waals surface area contributed by atoms with Gasteiger partial charge in [-0.15, -0.1) is 0 Å². The molecule has 0 fully saturated rings. The van der Waals surface area contributed by atoms with Crippen LogP contribution in [-0.4, -0.2) is 16.6 Å². The quantitative estimate of drug-likeness (QED) is 0.872. The molecule has 0 unspecified atom stereocenters. The summed E-state index contributed by atoms with van der Waals surface area (Å²) in [6.07, 6.45) is 2.60. The molecule has 0 radical (unpaired) electrons. The first-order valence-corrected chi connectivity index (χ1v) is 6.50. The summed E-state index contributed by atoms with van der Waals surface area (Å²) in [5, 5.41) is 12.0. The van der Waals surface area contributed by atoms with Gasteiger partial charge in [0, 0.05) is 18.8 Å². The fourth-order valence-corrected chi connectivity index (χ4v) is 1.65. The Morgan fingerprint density at radius 3 is 3.05 bits per heavy atom. The Balaban J connectivity index is 1.98. The van der Waals surface area contributed by atoms with Crippen molar-refractivity contribution in [2.75, 3.05) is 11.9 Å². The van der Waals surface area contributed by atoms with Gasteiger partial charge in [-0.3, -0.25) is 0 Å². The molecule has 0 aliphatic carbocycles. The van der Waals surface area contributed by atoms with E-state index in [1.807, 2.05) is 25.1 Å². The van der Waals surface area contributed by atoms with Crippen LogP contribution in [0.5, 0.6) is 5.88 Å². The maximum absolute atomic E-state index is 8.85. The van der Waals surface area contributed by atoms with Gasteiger partial charge in [-0.2, -0.15) is 10.2 Å². The maximum Gasteiger partial charge on any atom is 0.226 e. The molecular weight excluding hydrogens is 252 g/mol. The van der Waals surface area contributed by atoms with Crippen LogP contribution in [0.4, 0.5) is 5.95 Å². The lowest BCUT2D eigenvalue weighted by molar-refractivity contribution is 0.305. The average Bonchev–Trinajstić information content (AvgIpc) is 2.51. The molecular formula is C15H16N4O. The lowest BCUT2D eigenvalue weighted by Gasteiger charge is -2.07. The van der Waals surface area contributed by atoms with Crippen LogP contribution in [0.3, 0.4) is 0 Å². The lowest BCUT2D eigenvalue weighted by atomic mass is 10.1. The summed E-state index contributed by atoms with van der Waals surface area (Å²) in [5.41, 5.74) is 1.65. The number of hydrogen-bond acceptors (Lipinski definition) is 5. The lowest BCUT2D eigenvalue weighted by Crippen LogP contribution is -2.05. The van der Waals surface area contributed by atoms with Gasteiger partial charge in [0.05, 0.1) is 18.2 Å². The number of nitrogens with one attached hydrogen (secondary N) is 1. The predicted molar refractivity (Wildman–Crippen MR) is 76.3 cm³/mol. The second-order valence-corrected chi connectivity index (χ2v) is 4.23. The first kappa shape index (κ1) is 13.8. The zero-order valence-corrected chi connectivity index (χ0v) is 11.3. The van der Waals surface area contributed by atoms with Gasteiger partial charge in [0.2, 0.25) is 11.8 Å². The van der Waals surface area contributed by atoms with E-state index < -0.39 is 0 Å². The first-order chi connectivity index (χ1) is 9.81. The number of benzene rings is 1. The number of rotatable bonds is 6. The molecule has 0 amide bonds. The Hall–Kier alpha value is -2.61. The zero-order chi connectivity index (χ0) is 14.2. The Kier molecular flexibility index (Phi) is 4.90. The third kappa shape index (κ3) is 3.95. The fraction of sp³-hybridized carbons (Fsp3) is 0.267. The van der Waals surface area contributed by atoms with Gasteiger partial charge in [-0.1, -0.05) is 19.1 Å². The molecule has 2 rings (SSSR count). The minimum atomic E-state index is 0.515. The van der Waals surface area contributed by atoms with Gasteiger partial charge in [0.15, 0.2) is 0 Å². The van der Waals surface area contributed by atoms with Crippen molar-refractivity contribution in [3.63, 3.8) is 0 Å². The minimum Gasteiger partial charge on any atom is -0.478 e. The third-order valence-corrected chi connectivity index (χ3v) is 2.59. The summed E-state index contributed by atoms with van der Waals surface area (Å²) in [5.74, 6) is 1.08. The molecule has 0 saturated heterocycles. The van der Waals surface area contributed by atoms with Crippen molar-refractivity contribution >= 4 is 5.95 Å². The minimum absolute atomic E-state index is 0.515. The van der Waals surface area contributed by atoms with Crippen LogP contribution < -0.4 is 10.1 Å². The highest BCUT2D eigenvalue weighted by Crippen LogP contribution is 2.10. The molecule has 0 bridgehead atoms. The van der Waals surface area contributed by atoms with Crippen molar-refractivity contribution < 1.29 is 4.74 Å². The van der Waals surface area contributed by atoms with Crippen molar-refractivity contribution in [3.8, 4) is 11.9 Å². The van der Waals surface area contributed by atoms with Gasteiger partial charge >= 0.3 is 0 Å². The summed E-state index contributed by atoms with van der Waals surface area (Å²) in [4.78, 5) is 8.40. The number of nitriles is 1. The van der Waals surface area contributed by atoms with Crippen molar-refractivity contribution in [2.45, 2.75) is 19.9 Å². The molecule has 2 aromatic rings. The molecule has 5 nitrogen and oxygen atoms in total. The van der Waals surface area contributed by atoms with Crippen LogP contribution in [0, 0.1) is 11.3 Å². The van der Waals surface area contributed by atoms with E-state index in [1.165, 1.54) is 0 Å². The van der Waals surface area contributed by atoms with Gasteiger partial charge in [-0.25, -0.2) is 4.98 Å². The van der Waals surface area contributed by atoms with E-state index in [2.05, 4.69) is 21.4 Å². The number of anilines is 1. The SMILES string of the molecule is CCCOc1ccnc(NCc2cccc(C#N)c2)n1. The summed E-state index contributed by atoms with van der Waals surface area (Å²) < 4.78 is 5.45. The Bertz CT molecular complexity index is 607. The monoisotopic (exact) mass is 268 g/mol. The van der Waals surface area contributed by atoms with Crippen LogP contribution in [0.15, 0.2) is 36.5 Å². The molecule has 0 spiro atoms. The van der Waals surface area contributed by atoms with Gasteiger partial charge < -0.3 is 10.1 Å². The topological polar surface area (TPSA) is 70.8 Å². The second kappa shape index (κ2) is 7.10. The largest absolute Gasteiger partial charge is 0.478 e. The van der Waals surface area contributed by atoms with E-state index in [0.29, 0.717) is 30.5 Å². The molecule has 1 heterocycles. The third-order valence-electron chi connectivity index (χ3n) is 2.59. The standard InChI is InChI=1S/C15H16N4O/c1-2-8-20-14-6-7-17-15(19-14)18-11-13-5-3-4-12(9-13)10-16/h3-7,9H,2,8,11H2,1H3,(H,17,18,19). The van der Waals surface area contributed by atoms with E-state index in [0.717, 1.165) is 12.0 Å². The Morgan fingerprint density at radius 2 is 2.25 bits per heavy atom. The van der Waals surface area contributed by atoms with Gasteiger partial charge in [0.25, 0.3) is 0 Å². The summed E-state index contributed by atoms with van der Waals surface area (Å²) in [6.45, 7) is 3.25. The van der Waals surface area contributed by atoms with E-state index in [9.17, 15) is 0 Å². The predicted octanol–water partition coefficient (Wildman–Crippen LogP) is 2.75. The molecule has 1 aromatic heterocycles. The molecule has 0 atom stereocenters. The van der Waals surface area contributed by atoms with Crippen LogP contribution in [0.1, 0.15) is 24.5 Å². The zero-order valence-electron chi connectivity index (χ0n) is 11.3. The number of ether oxygens (including phenoxy) is 1. The smallest absolute Gasteiger partial charge is 0.226 e. The normalized spacial score (nSPS) is 9.80. The molecule has 0 aliphatic rings. The Labute approximate surface area is 118 Å². The van der Waals surface area contributed by atoms with Crippen LogP contribution in [0.2, 0.25) is 0 Å². The summed E-state index contributed by atoms with van der Waals surface area (Å²) in [7, 11) is 0. The fourth-order valence-electron chi connectivity index (χ4n) is 1.65. The van der Waals surface area contributed by atoms with E-state index in [4.69, 9.17) is 10.00 Å². The molecule has 1 aromatic carbocycles. The highest BCUT2D eigenvalue weighted by atomic mass is 16.5. The van der Waals surface area contributed by atoms with E-state index in [1.54, 1.807) is 18.3 Å². The molecule has 20 heavy (non-hydrogen) atoms. The summed E-state index contributed by atoms with van der Waals surface area (Å²) >= 11 is 0.